The van der Waals surface area contributed by atoms with Gasteiger partial charge in [0.15, 0.2) is 8.32 Å². The lowest BCUT2D eigenvalue weighted by atomic mass is 10.1. The van der Waals surface area contributed by atoms with E-state index >= 15 is 0 Å². The second-order valence-electron chi connectivity index (χ2n) is 9.39. The minimum absolute atomic E-state index is 0.249. The molecule has 1 aliphatic heterocycles. The maximum atomic E-state index is 6.49. The highest BCUT2D eigenvalue weighted by Crippen LogP contribution is 2.37. The molecule has 0 radical (unpaired) electrons. The first kappa shape index (κ1) is 19.3. The van der Waals surface area contributed by atoms with Crippen molar-refractivity contribution in [2.75, 3.05) is 6.61 Å². The minimum Gasteiger partial charge on any atom is -0.413 e. The van der Waals surface area contributed by atoms with Gasteiger partial charge in [-0.3, -0.25) is 0 Å². The monoisotopic (exact) mass is 372 g/mol. The number of hydrogen-bond donors (Lipinski definition) is 0. The van der Waals surface area contributed by atoms with E-state index in [4.69, 9.17) is 9.52 Å². The molecule has 1 aromatic heterocycles. The van der Waals surface area contributed by atoms with Crippen LogP contribution >= 0.6 is 0 Å². The second-order valence-corrected chi connectivity index (χ2v) is 14.2. The molecular formula is C21H34N3OSi+. The predicted molar refractivity (Wildman–Crippen MR) is 108 cm³/mol. The molecule has 5 heteroatoms. The van der Waals surface area contributed by atoms with Gasteiger partial charge in [-0.05, 0) is 56.5 Å². The molecule has 3 rings (SSSR count). The Balaban J connectivity index is 1.83. The van der Waals surface area contributed by atoms with E-state index in [9.17, 15) is 0 Å². The Kier molecular flexibility index (Phi) is 4.91. The molecule has 0 bridgehead atoms. The molecule has 2 heterocycles. The van der Waals surface area contributed by atoms with Gasteiger partial charge in [-0.25, -0.2) is 4.57 Å². The lowest BCUT2D eigenvalue weighted by Crippen LogP contribution is -2.45. The van der Waals surface area contributed by atoms with Gasteiger partial charge in [0.2, 0.25) is 6.33 Å². The van der Waals surface area contributed by atoms with Crippen LogP contribution in [-0.4, -0.2) is 24.7 Å². The summed E-state index contributed by atoms with van der Waals surface area (Å²) in [6.07, 6.45) is 4.33. The summed E-state index contributed by atoms with van der Waals surface area (Å²) in [6, 6.07) is 4.87. The van der Waals surface area contributed by atoms with E-state index in [2.05, 4.69) is 82.3 Å². The minimum atomic E-state index is -1.72. The highest BCUT2D eigenvalue weighted by atomic mass is 28.4. The number of fused-ring (bicyclic) bond motifs is 1. The third-order valence-electron chi connectivity index (χ3n) is 6.16. The molecule has 2 aromatic rings. The van der Waals surface area contributed by atoms with Crippen molar-refractivity contribution in [2.24, 2.45) is 0 Å². The van der Waals surface area contributed by atoms with Crippen LogP contribution in [0.4, 0.5) is 0 Å². The third kappa shape index (κ3) is 3.51. The molecule has 1 aliphatic rings. The van der Waals surface area contributed by atoms with Gasteiger partial charge in [0, 0.05) is 11.5 Å². The van der Waals surface area contributed by atoms with Gasteiger partial charge in [0.1, 0.15) is 11.7 Å². The molecule has 0 unspecified atom stereocenters. The molecule has 142 valence electrons. The lowest BCUT2D eigenvalue weighted by molar-refractivity contribution is -0.718. The Morgan fingerprint density at radius 3 is 2.38 bits per heavy atom. The largest absolute Gasteiger partial charge is 0.413 e. The fourth-order valence-corrected chi connectivity index (χ4v) is 4.67. The van der Waals surface area contributed by atoms with E-state index < -0.39 is 8.32 Å². The highest BCUT2D eigenvalue weighted by Gasteiger charge is 2.39. The standard InChI is InChI=1S/C21H34N3OSi/c1-15-11-16(2)20(17(3)12-15)24-14-23-18(9-10-19(23)22-24)13-25-26(7,8)21(4,5)6/h11-12,14,18H,9-10,13H2,1-8H3/q+1/t18-/m1/s1. The summed E-state index contributed by atoms with van der Waals surface area (Å²) in [5, 5.41) is 5.14. The zero-order valence-electron chi connectivity index (χ0n) is 17.7. The van der Waals surface area contributed by atoms with Gasteiger partial charge in [-0.2, -0.15) is 0 Å². The molecule has 0 spiro atoms. The van der Waals surface area contributed by atoms with E-state index in [-0.39, 0.29) is 5.04 Å². The van der Waals surface area contributed by atoms with Gasteiger partial charge >= 0.3 is 0 Å². The van der Waals surface area contributed by atoms with Crippen molar-refractivity contribution in [1.82, 2.24) is 9.78 Å². The van der Waals surface area contributed by atoms with Crippen molar-refractivity contribution in [3.63, 3.8) is 0 Å². The average molecular weight is 373 g/mol. The Bertz CT molecular complexity index is 794. The summed E-state index contributed by atoms with van der Waals surface area (Å²) >= 11 is 0. The van der Waals surface area contributed by atoms with E-state index in [0.717, 1.165) is 19.4 Å². The molecule has 0 saturated carbocycles. The summed E-state index contributed by atoms with van der Waals surface area (Å²) < 4.78 is 10.9. The fraction of sp³-hybridized carbons (Fsp3) is 0.619. The molecule has 0 N–H and O–H groups in total. The fourth-order valence-electron chi connectivity index (χ4n) is 3.63. The van der Waals surface area contributed by atoms with Crippen LogP contribution in [0.2, 0.25) is 18.1 Å². The molecule has 4 nitrogen and oxygen atoms in total. The van der Waals surface area contributed by atoms with Crippen molar-refractivity contribution in [1.29, 1.82) is 0 Å². The topological polar surface area (TPSA) is 30.9 Å². The number of aromatic nitrogens is 3. The van der Waals surface area contributed by atoms with E-state index in [1.165, 1.54) is 28.2 Å². The Morgan fingerprint density at radius 2 is 1.81 bits per heavy atom. The second kappa shape index (κ2) is 6.61. The van der Waals surface area contributed by atoms with Crippen LogP contribution in [0.1, 0.15) is 55.7 Å². The SMILES string of the molecule is Cc1cc(C)c(-n2c[n+]3c(n2)CC[C@@H]3CO[Si](C)(C)C(C)(C)C)c(C)c1. The van der Waals surface area contributed by atoms with Gasteiger partial charge in [0.25, 0.3) is 5.82 Å². The van der Waals surface area contributed by atoms with Gasteiger partial charge in [-0.1, -0.05) is 43.1 Å². The quantitative estimate of drug-likeness (QED) is 0.580. The molecule has 0 amide bonds. The number of benzene rings is 1. The Hall–Kier alpha value is -1.46. The van der Waals surface area contributed by atoms with Crippen LogP contribution < -0.4 is 4.57 Å². The predicted octanol–water partition coefficient (Wildman–Crippen LogP) is 4.59. The van der Waals surface area contributed by atoms with Crippen LogP contribution in [0.3, 0.4) is 0 Å². The lowest BCUT2D eigenvalue weighted by Gasteiger charge is -2.36. The van der Waals surface area contributed by atoms with E-state index in [1.807, 2.05) is 0 Å². The molecular weight excluding hydrogens is 338 g/mol. The number of rotatable bonds is 4. The van der Waals surface area contributed by atoms with Gasteiger partial charge in [0.05, 0.1) is 6.61 Å². The van der Waals surface area contributed by atoms with Crippen molar-refractivity contribution in [3.05, 3.63) is 41.0 Å². The van der Waals surface area contributed by atoms with E-state index in [0.29, 0.717) is 6.04 Å². The van der Waals surface area contributed by atoms with Gasteiger partial charge in [-0.15, -0.1) is 0 Å². The third-order valence-corrected chi connectivity index (χ3v) is 10.7. The molecule has 0 aliphatic carbocycles. The summed E-state index contributed by atoms with van der Waals surface area (Å²) in [5.41, 5.74) is 5.06. The molecule has 1 atom stereocenters. The number of hydrogen-bond acceptors (Lipinski definition) is 2. The van der Waals surface area contributed by atoms with Crippen LogP contribution in [0.5, 0.6) is 0 Å². The smallest absolute Gasteiger partial charge is 0.278 e. The van der Waals surface area contributed by atoms with E-state index in [1.54, 1.807) is 0 Å². The van der Waals surface area contributed by atoms with Crippen LogP contribution in [0.25, 0.3) is 5.69 Å². The summed E-state index contributed by atoms with van der Waals surface area (Å²) in [7, 11) is -1.72. The number of aryl methyl sites for hydroxylation is 4. The highest BCUT2D eigenvalue weighted by molar-refractivity contribution is 6.74. The zero-order valence-corrected chi connectivity index (χ0v) is 18.7. The molecule has 0 saturated heterocycles. The van der Waals surface area contributed by atoms with Crippen molar-refractivity contribution in [3.8, 4) is 5.69 Å². The van der Waals surface area contributed by atoms with Crippen LogP contribution in [-0.2, 0) is 10.8 Å². The van der Waals surface area contributed by atoms with Gasteiger partial charge < -0.3 is 4.43 Å². The first-order chi connectivity index (χ1) is 12.0. The summed E-state index contributed by atoms with van der Waals surface area (Å²) in [6.45, 7) is 18.8. The summed E-state index contributed by atoms with van der Waals surface area (Å²) in [4.78, 5) is 0. The van der Waals surface area contributed by atoms with Crippen molar-refractivity contribution < 1.29 is 8.99 Å². The normalized spacial score (nSPS) is 17.6. The zero-order chi connectivity index (χ0) is 19.3. The Labute approximate surface area is 159 Å². The summed E-state index contributed by atoms with van der Waals surface area (Å²) in [5.74, 6) is 1.17. The molecule has 26 heavy (non-hydrogen) atoms. The molecule has 1 aromatic carbocycles. The average Bonchev–Trinajstić information content (AvgIpc) is 3.03. The van der Waals surface area contributed by atoms with Crippen molar-refractivity contribution in [2.45, 2.75) is 78.6 Å². The maximum Gasteiger partial charge on any atom is 0.278 e. The molecule has 0 fully saturated rings. The van der Waals surface area contributed by atoms with Crippen LogP contribution in [0, 0.1) is 20.8 Å². The first-order valence-electron chi connectivity index (χ1n) is 9.71. The first-order valence-corrected chi connectivity index (χ1v) is 12.6. The number of nitrogens with zero attached hydrogens (tertiary/aromatic N) is 3. The van der Waals surface area contributed by atoms with Crippen LogP contribution in [0.15, 0.2) is 18.5 Å². The maximum absolute atomic E-state index is 6.49. The van der Waals surface area contributed by atoms with Crippen molar-refractivity contribution >= 4 is 8.32 Å². The Morgan fingerprint density at radius 1 is 1.19 bits per heavy atom.